The second kappa shape index (κ2) is 17.8. The lowest BCUT2D eigenvalue weighted by Gasteiger charge is -2.36. The van der Waals surface area contributed by atoms with Crippen LogP contribution in [0.4, 0.5) is 0 Å². The number of aryl methyl sites for hydroxylation is 5. The van der Waals surface area contributed by atoms with Gasteiger partial charge in [-0.25, -0.2) is 0 Å². The van der Waals surface area contributed by atoms with Crippen LogP contribution < -0.4 is 0 Å². The summed E-state index contributed by atoms with van der Waals surface area (Å²) in [5, 5.41) is 0. The van der Waals surface area contributed by atoms with E-state index in [0.29, 0.717) is 19.1 Å². The summed E-state index contributed by atoms with van der Waals surface area (Å²) in [7, 11) is 0. The first-order valence-corrected chi connectivity index (χ1v) is 17.7. The molecule has 246 valence electrons. The standard InChI is InChI=1S/C43H51NO3/c1-3-47-43(46)18-9-10-30-44(42-17-11-16-40-32-39(33(2)45)27-28-41(40)42)31-29-38-15-8-7-14-37(38)26-25-36-23-21-35(22-24-36)20-19-34-12-5-4-6-13-34/h4-8,12-15,21-24,27-28,32,42H,3,9-11,16-20,25-26,29-31H2,1-2H3. The molecule has 0 fully saturated rings. The van der Waals surface area contributed by atoms with Gasteiger partial charge in [-0.3, -0.25) is 14.5 Å². The molecule has 0 aromatic heterocycles. The third kappa shape index (κ3) is 10.2. The van der Waals surface area contributed by atoms with Gasteiger partial charge in [-0.05, 0) is 130 Å². The summed E-state index contributed by atoms with van der Waals surface area (Å²) >= 11 is 0. The molecule has 47 heavy (non-hydrogen) atoms. The molecule has 1 atom stereocenters. The summed E-state index contributed by atoms with van der Waals surface area (Å²) < 4.78 is 5.17. The van der Waals surface area contributed by atoms with Gasteiger partial charge in [0.2, 0.25) is 0 Å². The fourth-order valence-corrected chi connectivity index (χ4v) is 7.02. The Morgan fingerprint density at radius 1 is 0.723 bits per heavy atom. The number of Topliss-reactive ketones (excluding diaryl/α,β-unsaturated/α-hetero) is 1. The van der Waals surface area contributed by atoms with E-state index in [-0.39, 0.29) is 11.8 Å². The molecule has 0 amide bonds. The maximum Gasteiger partial charge on any atom is 0.305 e. The van der Waals surface area contributed by atoms with E-state index >= 15 is 0 Å². The van der Waals surface area contributed by atoms with Crippen molar-refractivity contribution in [2.45, 2.75) is 90.5 Å². The summed E-state index contributed by atoms with van der Waals surface area (Å²) in [6, 6.07) is 35.5. The van der Waals surface area contributed by atoms with Crippen molar-refractivity contribution >= 4 is 11.8 Å². The van der Waals surface area contributed by atoms with E-state index < -0.39 is 0 Å². The minimum atomic E-state index is -0.102. The second-order valence-corrected chi connectivity index (χ2v) is 13.0. The van der Waals surface area contributed by atoms with Gasteiger partial charge in [-0.1, -0.05) is 91.0 Å². The van der Waals surface area contributed by atoms with Gasteiger partial charge in [0.1, 0.15) is 0 Å². The lowest BCUT2D eigenvalue weighted by molar-refractivity contribution is -0.143. The molecule has 5 rings (SSSR count). The average Bonchev–Trinajstić information content (AvgIpc) is 3.10. The molecule has 0 radical (unpaired) electrons. The molecule has 0 aliphatic heterocycles. The van der Waals surface area contributed by atoms with Crippen LogP contribution in [0.3, 0.4) is 0 Å². The zero-order chi connectivity index (χ0) is 32.8. The number of carbonyl (C=O) groups is 2. The number of ether oxygens (including phenoxy) is 1. The first-order valence-electron chi connectivity index (χ1n) is 17.7. The molecule has 4 nitrogen and oxygen atoms in total. The van der Waals surface area contributed by atoms with Gasteiger partial charge in [0, 0.05) is 24.6 Å². The Bertz CT molecular complexity index is 1580. The van der Waals surface area contributed by atoms with Crippen molar-refractivity contribution in [3.8, 4) is 0 Å². The van der Waals surface area contributed by atoms with Crippen LogP contribution in [0.1, 0.15) is 101 Å². The quantitative estimate of drug-likeness (QED) is 0.0664. The topological polar surface area (TPSA) is 46.6 Å². The van der Waals surface area contributed by atoms with Crippen molar-refractivity contribution in [1.82, 2.24) is 4.90 Å². The molecule has 0 bridgehead atoms. The Hall–Kier alpha value is -4.02. The Kier molecular flexibility index (Phi) is 13.0. The fraction of sp³-hybridized carbons (Fsp3) is 0.395. The van der Waals surface area contributed by atoms with Gasteiger partial charge in [0.25, 0.3) is 0 Å². The number of benzene rings is 4. The zero-order valence-corrected chi connectivity index (χ0v) is 28.4. The molecule has 1 aliphatic carbocycles. The van der Waals surface area contributed by atoms with E-state index in [1.165, 1.54) is 38.9 Å². The van der Waals surface area contributed by atoms with Crippen LogP contribution in [0.5, 0.6) is 0 Å². The minimum absolute atomic E-state index is 0.102. The maximum absolute atomic E-state index is 12.1. The Morgan fingerprint density at radius 2 is 1.36 bits per heavy atom. The van der Waals surface area contributed by atoms with Gasteiger partial charge >= 0.3 is 5.97 Å². The molecular weight excluding hydrogens is 578 g/mol. The van der Waals surface area contributed by atoms with Gasteiger partial charge < -0.3 is 4.74 Å². The van der Waals surface area contributed by atoms with E-state index in [1.54, 1.807) is 6.92 Å². The third-order valence-electron chi connectivity index (χ3n) is 9.69. The van der Waals surface area contributed by atoms with Crippen LogP contribution in [0.25, 0.3) is 0 Å². The smallest absolute Gasteiger partial charge is 0.305 e. The molecule has 0 heterocycles. The van der Waals surface area contributed by atoms with Crippen LogP contribution in [0.15, 0.2) is 97.1 Å². The van der Waals surface area contributed by atoms with Gasteiger partial charge in [0.15, 0.2) is 5.78 Å². The van der Waals surface area contributed by atoms with Crippen LogP contribution in [0, 0.1) is 0 Å². The lowest BCUT2D eigenvalue weighted by atomic mass is 9.85. The van der Waals surface area contributed by atoms with E-state index in [2.05, 4.69) is 95.9 Å². The molecule has 1 aliphatic rings. The van der Waals surface area contributed by atoms with Gasteiger partial charge in [0.05, 0.1) is 6.61 Å². The summed E-state index contributed by atoms with van der Waals surface area (Å²) in [5.41, 5.74) is 10.5. The fourth-order valence-electron chi connectivity index (χ4n) is 7.02. The molecule has 0 spiro atoms. The number of fused-ring (bicyclic) bond motifs is 1. The molecule has 4 heteroatoms. The monoisotopic (exact) mass is 629 g/mol. The second-order valence-electron chi connectivity index (χ2n) is 13.0. The van der Waals surface area contributed by atoms with E-state index in [9.17, 15) is 9.59 Å². The molecular formula is C43H51NO3. The minimum Gasteiger partial charge on any atom is -0.466 e. The number of esters is 1. The normalized spacial score (nSPS) is 14.1. The van der Waals surface area contributed by atoms with E-state index in [1.807, 2.05) is 13.0 Å². The number of carbonyl (C=O) groups excluding carboxylic acids is 2. The Balaban J connectivity index is 1.22. The number of rotatable bonds is 17. The lowest BCUT2D eigenvalue weighted by Crippen LogP contribution is -2.34. The summed E-state index contributed by atoms with van der Waals surface area (Å²) in [6.07, 6.45) is 10.7. The maximum atomic E-state index is 12.1. The molecule has 4 aromatic carbocycles. The summed E-state index contributed by atoms with van der Waals surface area (Å²) in [6.45, 7) is 5.85. The average molecular weight is 630 g/mol. The van der Waals surface area contributed by atoms with Crippen LogP contribution in [-0.2, 0) is 48.1 Å². The number of hydrogen-bond donors (Lipinski definition) is 0. The van der Waals surface area contributed by atoms with Crippen molar-refractivity contribution in [1.29, 1.82) is 0 Å². The number of hydrogen-bond acceptors (Lipinski definition) is 4. The van der Waals surface area contributed by atoms with Crippen molar-refractivity contribution in [2.75, 3.05) is 19.7 Å². The number of unbranched alkanes of at least 4 members (excludes halogenated alkanes) is 1. The van der Waals surface area contributed by atoms with Crippen LogP contribution in [0.2, 0.25) is 0 Å². The van der Waals surface area contributed by atoms with Gasteiger partial charge in [-0.15, -0.1) is 0 Å². The first-order chi connectivity index (χ1) is 23.0. The Labute approximate surface area is 282 Å². The molecule has 0 saturated carbocycles. The predicted molar refractivity (Wildman–Crippen MR) is 192 cm³/mol. The van der Waals surface area contributed by atoms with Crippen LogP contribution in [-0.4, -0.2) is 36.3 Å². The van der Waals surface area contributed by atoms with Crippen molar-refractivity contribution in [3.05, 3.63) is 142 Å². The highest BCUT2D eigenvalue weighted by Gasteiger charge is 2.26. The SMILES string of the molecule is CCOC(=O)CCCCN(CCc1ccccc1CCc1ccc(CCc2ccccc2)cc1)C1CCCc2cc(C(C)=O)ccc21. The largest absolute Gasteiger partial charge is 0.466 e. The van der Waals surface area contributed by atoms with E-state index in [0.717, 1.165) is 82.9 Å². The molecule has 1 unspecified atom stereocenters. The first kappa shape index (κ1) is 34.3. The molecule has 0 saturated heterocycles. The van der Waals surface area contributed by atoms with Gasteiger partial charge in [-0.2, -0.15) is 0 Å². The molecule has 0 N–H and O–H groups in total. The van der Waals surface area contributed by atoms with Crippen LogP contribution >= 0.6 is 0 Å². The summed E-state index contributed by atoms with van der Waals surface area (Å²) in [5.74, 6) is 0.0240. The highest BCUT2D eigenvalue weighted by Crippen LogP contribution is 2.35. The van der Waals surface area contributed by atoms with Crippen molar-refractivity contribution in [3.63, 3.8) is 0 Å². The third-order valence-corrected chi connectivity index (χ3v) is 9.69. The predicted octanol–water partition coefficient (Wildman–Crippen LogP) is 9.12. The highest BCUT2D eigenvalue weighted by atomic mass is 16.5. The Morgan fingerprint density at radius 3 is 2.04 bits per heavy atom. The van der Waals surface area contributed by atoms with E-state index in [4.69, 9.17) is 4.74 Å². The van der Waals surface area contributed by atoms with Crippen molar-refractivity contribution in [2.24, 2.45) is 0 Å². The summed E-state index contributed by atoms with van der Waals surface area (Å²) in [4.78, 5) is 26.7. The number of nitrogens with zero attached hydrogens (tertiary/aromatic N) is 1. The van der Waals surface area contributed by atoms with Crippen molar-refractivity contribution < 1.29 is 14.3 Å². The molecule has 4 aromatic rings. The highest BCUT2D eigenvalue weighted by molar-refractivity contribution is 5.94. The number of ketones is 1. The zero-order valence-electron chi connectivity index (χ0n) is 28.4.